The minimum Gasteiger partial charge on any atom is -0.299 e. The summed E-state index contributed by atoms with van der Waals surface area (Å²) < 4.78 is 0.931. The predicted molar refractivity (Wildman–Crippen MR) is 51.8 cm³/mol. The van der Waals surface area contributed by atoms with Crippen LogP contribution in [-0.4, -0.2) is 23.0 Å². The van der Waals surface area contributed by atoms with Crippen molar-refractivity contribution < 1.29 is 0 Å². The summed E-state index contributed by atoms with van der Waals surface area (Å²) in [7, 11) is 0. The Morgan fingerprint density at radius 3 is 2.92 bits per heavy atom. The van der Waals surface area contributed by atoms with E-state index >= 15 is 0 Å². The summed E-state index contributed by atoms with van der Waals surface area (Å²) in [5.74, 6) is 0. The third-order valence-electron chi connectivity index (χ3n) is 2.15. The van der Waals surface area contributed by atoms with Gasteiger partial charge < -0.3 is 0 Å². The van der Waals surface area contributed by atoms with Gasteiger partial charge in [0.15, 0.2) is 0 Å². The second-order valence-electron chi connectivity index (χ2n) is 3.12. The average molecular weight is 227 g/mol. The zero-order chi connectivity index (χ0) is 8.39. The lowest BCUT2D eigenvalue weighted by Gasteiger charge is -2.30. The van der Waals surface area contributed by atoms with Crippen LogP contribution in [0, 0.1) is 0 Å². The van der Waals surface area contributed by atoms with Crippen LogP contribution in [0.2, 0.25) is 0 Å². The van der Waals surface area contributed by atoms with Crippen molar-refractivity contribution in [3.05, 3.63) is 28.5 Å². The molecular formula is C9H11BrN2. The number of hydrogen-bond acceptors (Lipinski definition) is 2. The summed E-state index contributed by atoms with van der Waals surface area (Å²) in [6, 6.07) is 4.15. The van der Waals surface area contributed by atoms with Gasteiger partial charge in [-0.1, -0.05) is 0 Å². The highest BCUT2D eigenvalue weighted by Crippen LogP contribution is 2.14. The van der Waals surface area contributed by atoms with E-state index in [0.29, 0.717) is 0 Å². The van der Waals surface area contributed by atoms with Crippen molar-refractivity contribution >= 4 is 15.9 Å². The third-order valence-corrected chi connectivity index (χ3v) is 2.58. The minimum atomic E-state index is 0.931. The fraction of sp³-hybridized carbons (Fsp3) is 0.444. The van der Waals surface area contributed by atoms with Crippen molar-refractivity contribution in [1.82, 2.24) is 9.88 Å². The zero-order valence-corrected chi connectivity index (χ0v) is 8.42. The van der Waals surface area contributed by atoms with Crippen LogP contribution < -0.4 is 0 Å². The molecular weight excluding hydrogens is 216 g/mol. The fourth-order valence-corrected chi connectivity index (χ4v) is 1.75. The molecule has 3 heteroatoms. The fourth-order valence-electron chi connectivity index (χ4n) is 1.34. The van der Waals surface area contributed by atoms with Crippen LogP contribution in [0.5, 0.6) is 0 Å². The summed E-state index contributed by atoms with van der Waals surface area (Å²) in [5, 5.41) is 0. The Balaban J connectivity index is 2.02. The monoisotopic (exact) mass is 226 g/mol. The van der Waals surface area contributed by atoms with E-state index in [9.17, 15) is 0 Å². The molecule has 0 amide bonds. The molecule has 64 valence electrons. The van der Waals surface area contributed by atoms with E-state index in [2.05, 4.69) is 37.9 Å². The van der Waals surface area contributed by atoms with Crippen LogP contribution in [0.15, 0.2) is 22.9 Å². The number of hydrogen-bond donors (Lipinski definition) is 0. The summed E-state index contributed by atoms with van der Waals surface area (Å²) in [6.45, 7) is 3.57. The summed E-state index contributed by atoms with van der Waals surface area (Å²) >= 11 is 3.36. The number of aromatic nitrogens is 1. The first-order chi connectivity index (χ1) is 5.84. The van der Waals surface area contributed by atoms with E-state index in [0.717, 1.165) is 11.1 Å². The number of pyridine rings is 1. The second kappa shape index (κ2) is 3.54. The first kappa shape index (κ1) is 8.20. The Labute approximate surface area is 80.7 Å². The highest BCUT2D eigenvalue weighted by molar-refractivity contribution is 9.10. The summed E-state index contributed by atoms with van der Waals surface area (Å²) in [4.78, 5) is 6.52. The van der Waals surface area contributed by atoms with E-state index in [1.807, 2.05) is 6.20 Å². The number of halogens is 1. The van der Waals surface area contributed by atoms with Gasteiger partial charge in [-0.15, -0.1) is 0 Å². The Kier molecular flexibility index (Phi) is 2.42. The maximum atomic E-state index is 4.09. The third kappa shape index (κ3) is 1.84. The Bertz CT molecular complexity index is 271. The maximum absolute atomic E-state index is 4.09. The smallest absolute Gasteiger partial charge is 0.106 e. The van der Waals surface area contributed by atoms with Crippen LogP contribution in [0.4, 0.5) is 0 Å². The largest absolute Gasteiger partial charge is 0.299 e. The Morgan fingerprint density at radius 2 is 2.33 bits per heavy atom. The Morgan fingerprint density at radius 1 is 1.50 bits per heavy atom. The topological polar surface area (TPSA) is 16.1 Å². The van der Waals surface area contributed by atoms with Crippen molar-refractivity contribution in [2.24, 2.45) is 0 Å². The van der Waals surface area contributed by atoms with Crippen molar-refractivity contribution in [3.8, 4) is 0 Å². The molecule has 1 aromatic rings. The molecule has 1 aliphatic heterocycles. The highest BCUT2D eigenvalue weighted by Gasteiger charge is 2.13. The van der Waals surface area contributed by atoms with Crippen molar-refractivity contribution in [2.45, 2.75) is 13.0 Å². The molecule has 2 heterocycles. The molecule has 0 saturated carbocycles. The molecule has 12 heavy (non-hydrogen) atoms. The molecule has 0 N–H and O–H groups in total. The van der Waals surface area contributed by atoms with Crippen LogP contribution >= 0.6 is 15.9 Å². The molecule has 0 radical (unpaired) electrons. The second-order valence-corrected chi connectivity index (χ2v) is 3.93. The van der Waals surface area contributed by atoms with Crippen LogP contribution in [0.25, 0.3) is 0 Å². The molecule has 0 aliphatic carbocycles. The van der Waals surface area contributed by atoms with Gasteiger partial charge in [0.05, 0.1) is 0 Å². The molecule has 1 saturated heterocycles. The lowest BCUT2D eigenvalue weighted by atomic mass is 10.2. The number of nitrogens with zero attached hydrogens (tertiary/aromatic N) is 2. The van der Waals surface area contributed by atoms with E-state index in [1.54, 1.807) is 0 Å². The lowest BCUT2D eigenvalue weighted by molar-refractivity contribution is 0.172. The molecule has 2 nitrogen and oxygen atoms in total. The molecule has 0 bridgehead atoms. The van der Waals surface area contributed by atoms with E-state index < -0.39 is 0 Å². The van der Waals surface area contributed by atoms with Crippen molar-refractivity contribution in [2.75, 3.05) is 13.1 Å². The van der Waals surface area contributed by atoms with Gasteiger partial charge in [-0.2, -0.15) is 0 Å². The van der Waals surface area contributed by atoms with Crippen LogP contribution in [0.3, 0.4) is 0 Å². The van der Waals surface area contributed by atoms with Crippen LogP contribution in [0.1, 0.15) is 12.0 Å². The van der Waals surface area contributed by atoms with Gasteiger partial charge in [0.1, 0.15) is 4.60 Å². The molecule has 0 unspecified atom stereocenters. The predicted octanol–water partition coefficient (Wildman–Crippen LogP) is 2.05. The molecule has 1 aliphatic rings. The maximum Gasteiger partial charge on any atom is 0.106 e. The number of rotatable bonds is 2. The van der Waals surface area contributed by atoms with Gasteiger partial charge in [0.25, 0.3) is 0 Å². The van der Waals surface area contributed by atoms with Crippen LogP contribution in [-0.2, 0) is 6.54 Å². The van der Waals surface area contributed by atoms with Gasteiger partial charge in [-0.25, -0.2) is 4.98 Å². The van der Waals surface area contributed by atoms with Gasteiger partial charge >= 0.3 is 0 Å². The van der Waals surface area contributed by atoms with Crippen molar-refractivity contribution in [1.29, 1.82) is 0 Å². The average Bonchev–Trinajstić information content (AvgIpc) is 1.97. The highest BCUT2D eigenvalue weighted by atomic mass is 79.9. The van der Waals surface area contributed by atoms with Gasteiger partial charge in [0.2, 0.25) is 0 Å². The van der Waals surface area contributed by atoms with Crippen molar-refractivity contribution in [3.63, 3.8) is 0 Å². The number of likely N-dealkylation sites (tertiary alicyclic amines) is 1. The first-order valence-corrected chi connectivity index (χ1v) is 4.97. The zero-order valence-electron chi connectivity index (χ0n) is 6.83. The molecule has 0 spiro atoms. The minimum absolute atomic E-state index is 0.931. The summed E-state index contributed by atoms with van der Waals surface area (Å²) in [6.07, 6.45) is 3.20. The van der Waals surface area contributed by atoms with Gasteiger partial charge in [0, 0.05) is 12.7 Å². The Hall–Kier alpha value is -0.410. The lowest BCUT2D eigenvalue weighted by Crippen LogP contribution is -2.36. The first-order valence-electron chi connectivity index (χ1n) is 4.17. The van der Waals surface area contributed by atoms with E-state index in [-0.39, 0.29) is 0 Å². The molecule has 1 fully saturated rings. The normalized spacial score (nSPS) is 17.4. The molecule has 0 atom stereocenters. The van der Waals surface area contributed by atoms with Gasteiger partial charge in [-0.05, 0) is 53.1 Å². The quantitative estimate of drug-likeness (QED) is 0.719. The standard InChI is InChI=1S/C9H11BrN2/c10-9-6-8(2-3-11-9)7-12-4-1-5-12/h2-3,6H,1,4-5,7H2. The van der Waals surface area contributed by atoms with Gasteiger partial charge in [-0.3, -0.25) is 4.90 Å². The molecule has 2 rings (SSSR count). The molecule has 1 aromatic heterocycles. The van der Waals surface area contributed by atoms with E-state index in [1.165, 1.54) is 25.1 Å². The summed E-state index contributed by atoms with van der Waals surface area (Å²) in [5.41, 5.74) is 1.34. The molecule has 0 aromatic carbocycles. The van der Waals surface area contributed by atoms with E-state index in [4.69, 9.17) is 0 Å². The SMILES string of the molecule is Brc1cc(CN2CCC2)ccn1.